The van der Waals surface area contributed by atoms with E-state index in [0.29, 0.717) is 38.0 Å². The fraction of sp³-hybridized carbons (Fsp3) is 0.529. The predicted molar refractivity (Wildman–Crippen MR) is 86.3 cm³/mol. The van der Waals surface area contributed by atoms with Crippen molar-refractivity contribution in [1.29, 1.82) is 0 Å². The zero-order chi connectivity index (χ0) is 16.9. The molecular formula is C17H24FN3O2. The summed E-state index contributed by atoms with van der Waals surface area (Å²) in [5.41, 5.74) is 6.19. The number of carbonyl (C=O) groups excluding carboxylic acids is 2. The van der Waals surface area contributed by atoms with Crippen LogP contribution in [0.1, 0.15) is 36.5 Å². The molecular weight excluding hydrogens is 297 g/mol. The number of rotatable bonds is 6. The Morgan fingerprint density at radius 1 is 1.35 bits per heavy atom. The Balaban J connectivity index is 1.68. The van der Waals surface area contributed by atoms with Crippen molar-refractivity contribution < 1.29 is 14.0 Å². The number of benzene rings is 1. The first kappa shape index (κ1) is 17.4. The smallest absolute Gasteiger partial charge is 0.251 e. The number of amides is 2. The van der Waals surface area contributed by atoms with Crippen molar-refractivity contribution in [2.24, 2.45) is 11.1 Å². The fourth-order valence-corrected chi connectivity index (χ4v) is 2.71. The third-order valence-corrected chi connectivity index (χ3v) is 4.36. The van der Waals surface area contributed by atoms with E-state index >= 15 is 0 Å². The van der Waals surface area contributed by atoms with E-state index in [2.05, 4.69) is 12.2 Å². The zero-order valence-electron chi connectivity index (χ0n) is 13.5. The van der Waals surface area contributed by atoms with Crippen LogP contribution in [0.15, 0.2) is 24.3 Å². The van der Waals surface area contributed by atoms with Gasteiger partial charge in [0.1, 0.15) is 5.82 Å². The van der Waals surface area contributed by atoms with E-state index in [1.54, 1.807) is 0 Å². The molecule has 2 amide bonds. The van der Waals surface area contributed by atoms with Crippen molar-refractivity contribution in [3.05, 3.63) is 35.6 Å². The second kappa shape index (κ2) is 7.55. The van der Waals surface area contributed by atoms with Crippen LogP contribution in [0.3, 0.4) is 0 Å². The average molecular weight is 321 g/mol. The van der Waals surface area contributed by atoms with Gasteiger partial charge in [-0.2, -0.15) is 0 Å². The molecule has 3 N–H and O–H groups in total. The van der Waals surface area contributed by atoms with E-state index in [-0.39, 0.29) is 23.0 Å². The molecule has 1 aliphatic heterocycles. The number of nitrogens with one attached hydrogen (secondary N) is 1. The van der Waals surface area contributed by atoms with E-state index < -0.39 is 0 Å². The summed E-state index contributed by atoms with van der Waals surface area (Å²) in [6.07, 6.45) is 1.93. The quantitative estimate of drug-likeness (QED) is 0.780. The van der Waals surface area contributed by atoms with E-state index in [9.17, 15) is 14.0 Å². The van der Waals surface area contributed by atoms with Gasteiger partial charge in [0.25, 0.3) is 5.91 Å². The van der Waals surface area contributed by atoms with E-state index in [4.69, 9.17) is 5.73 Å². The molecule has 5 nitrogen and oxygen atoms in total. The third kappa shape index (κ3) is 4.76. The highest BCUT2D eigenvalue weighted by molar-refractivity contribution is 5.94. The SMILES string of the molecule is CC1(CN)CCN(C(=O)CCCNC(=O)c2ccc(F)cc2)C1. The van der Waals surface area contributed by atoms with E-state index in [1.165, 1.54) is 24.3 Å². The molecule has 6 heteroatoms. The maximum absolute atomic E-state index is 12.8. The molecule has 23 heavy (non-hydrogen) atoms. The molecule has 1 aliphatic rings. The van der Waals surface area contributed by atoms with Crippen molar-refractivity contribution in [2.75, 3.05) is 26.2 Å². The minimum atomic E-state index is -0.373. The Hall–Kier alpha value is -1.95. The Labute approximate surface area is 136 Å². The largest absolute Gasteiger partial charge is 0.352 e. The van der Waals surface area contributed by atoms with Crippen LogP contribution in [0, 0.1) is 11.2 Å². The molecule has 0 bridgehead atoms. The summed E-state index contributed by atoms with van der Waals surface area (Å²) in [7, 11) is 0. The van der Waals surface area contributed by atoms with Crippen molar-refractivity contribution in [3.8, 4) is 0 Å². The van der Waals surface area contributed by atoms with Crippen molar-refractivity contribution >= 4 is 11.8 Å². The number of halogens is 1. The maximum Gasteiger partial charge on any atom is 0.251 e. The second-order valence-corrected chi connectivity index (χ2v) is 6.45. The normalized spacial score (nSPS) is 20.6. The molecule has 0 radical (unpaired) electrons. The summed E-state index contributed by atoms with van der Waals surface area (Å²) < 4.78 is 12.8. The van der Waals surface area contributed by atoms with Gasteiger partial charge in [0.2, 0.25) is 5.91 Å². The van der Waals surface area contributed by atoms with Gasteiger partial charge >= 0.3 is 0 Å². The lowest BCUT2D eigenvalue weighted by molar-refractivity contribution is -0.130. The number of hydrogen-bond acceptors (Lipinski definition) is 3. The molecule has 1 atom stereocenters. The van der Waals surface area contributed by atoms with Gasteiger partial charge in [-0.3, -0.25) is 9.59 Å². The number of nitrogens with zero attached hydrogens (tertiary/aromatic N) is 1. The molecule has 1 saturated heterocycles. The molecule has 1 unspecified atom stereocenters. The number of hydrogen-bond donors (Lipinski definition) is 2. The van der Waals surface area contributed by atoms with Gasteiger partial charge in [0.15, 0.2) is 0 Å². The van der Waals surface area contributed by atoms with Crippen molar-refractivity contribution in [2.45, 2.75) is 26.2 Å². The highest BCUT2D eigenvalue weighted by Gasteiger charge is 2.34. The molecule has 1 aromatic rings. The second-order valence-electron chi connectivity index (χ2n) is 6.45. The van der Waals surface area contributed by atoms with Gasteiger partial charge in [-0.15, -0.1) is 0 Å². The van der Waals surface area contributed by atoms with Crippen LogP contribution in [-0.4, -0.2) is 42.9 Å². The summed E-state index contributed by atoms with van der Waals surface area (Å²) in [5.74, 6) is -0.519. The highest BCUT2D eigenvalue weighted by Crippen LogP contribution is 2.28. The van der Waals surface area contributed by atoms with Crippen LogP contribution in [0.4, 0.5) is 4.39 Å². The van der Waals surface area contributed by atoms with Crippen LogP contribution in [0.25, 0.3) is 0 Å². The number of nitrogens with two attached hydrogens (primary N) is 1. The molecule has 126 valence electrons. The first-order valence-corrected chi connectivity index (χ1v) is 7.95. The Kier molecular flexibility index (Phi) is 5.71. The highest BCUT2D eigenvalue weighted by atomic mass is 19.1. The van der Waals surface area contributed by atoms with Crippen LogP contribution in [0.2, 0.25) is 0 Å². The van der Waals surface area contributed by atoms with Gasteiger partial charge in [-0.25, -0.2) is 4.39 Å². The minimum Gasteiger partial charge on any atom is -0.352 e. The Morgan fingerprint density at radius 2 is 2.04 bits per heavy atom. The Morgan fingerprint density at radius 3 is 2.65 bits per heavy atom. The topological polar surface area (TPSA) is 75.4 Å². The lowest BCUT2D eigenvalue weighted by Gasteiger charge is -2.22. The molecule has 0 aliphatic carbocycles. The van der Waals surface area contributed by atoms with Crippen molar-refractivity contribution in [1.82, 2.24) is 10.2 Å². The number of carbonyl (C=O) groups is 2. The first-order valence-electron chi connectivity index (χ1n) is 7.95. The molecule has 1 heterocycles. The zero-order valence-corrected chi connectivity index (χ0v) is 13.5. The third-order valence-electron chi connectivity index (χ3n) is 4.36. The van der Waals surface area contributed by atoms with E-state index in [1.807, 2.05) is 4.90 Å². The predicted octanol–water partition coefficient (Wildman–Crippen LogP) is 1.53. The summed E-state index contributed by atoms with van der Waals surface area (Å²) in [5, 5.41) is 2.74. The van der Waals surface area contributed by atoms with Crippen LogP contribution in [0.5, 0.6) is 0 Å². The molecule has 0 aromatic heterocycles. The lowest BCUT2D eigenvalue weighted by atomic mass is 9.90. The number of likely N-dealkylation sites (tertiary alicyclic amines) is 1. The maximum atomic E-state index is 12.8. The van der Waals surface area contributed by atoms with Gasteiger partial charge in [0, 0.05) is 31.6 Å². The van der Waals surface area contributed by atoms with Crippen molar-refractivity contribution in [3.63, 3.8) is 0 Å². The summed E-state index contributed by atoms with van der Waals surface area (Å²) in [6, 6.07) is 5.38. The lowest BCUT2D eigenvalue weighted by Crippen LogP contribution is -2.34. The standard InChI is InChI=1S/C17H24FN3O2/c1-17(11-19)8-10-21(12-17)15(22)3-2-9-20-16(23)13-4-6-14(18)7-5-13/h4-7H,2-3,8-12,19H2,1H3,(H,20,23). The summed E-state index contributed by atoms with van der Waals surface area (Å²) >= 11 is 0. The van der Waals surface area contributed by atoms with Crippen LogP contribution in [-0.2, 0) is 4.79 Å². The first-order chi connectivity index (χ1) is 10.9. The van der Waals surface area contributed by atoms with Crippen LogP contribution >= 0.6 is 0 Å². The van der Waals surface area contributed by atoms with Gasteiger partial charge < -0.3 is 16.0 Å². The molecule has 0 saturated carbocycles. The monoisotopic (exact) mass is 321 g/mol. The Bertz CT molecular complexity index is 561. The van der Waals surface area contributed by atoms with E-state index in [0.717, 1.165) is 13.0 Å². The average Bonchev–Trinajstić information content (AvgIpc) is 2.95. The van der Waals surface area contributed by atoms with Gasteiger partial charge in [-0.1, -0.05) is 6.92 Å². The van der Waals surface area contributed by atoms with Gasteiger partial charge in [0.05, 0.1) is 0 Å². The minimum absolute atomic E-state index is 0.0342. The molecule has 1 fully saturated rings. The molecule has 1 aromatic carbocycles. The fourth-order valence-electron chi connectivity index (χ4n) is 2.71. The molecule has 0 spiro atoms. The van der Waals surface area contributed by atoms with Crippen LogP contribution < -0.4 is 11.1 Å². The molecule has 2 rings (SSSR count). The summed E-state index contributed by atoms with van der Waals surface area (Å²) in [6.45, 7) is 4.58. The summed E-state index contributed by atoms with van der Waals surface area (Å²) in [4.78, 5) is 25.8. The van der Waals surface area contributed by atoms with Gasteiger partial charge in [-0.05, 0) is 49.1 Å².